The Morgan fingerprint density at radius 2 is 2.05 bits per heavy atom. The van der Waals surface area contributed by atoms with Crippen LogP contribution in [0.4, 0.5) is 5.69 Å². The Kier molecular flexibility index (Phi) is 3.73. The Morgan fingerprint density at radius 3 is 2.70 bits per heavy atom. The molecule has 0 unspecified atom stereocenters. The number of halogens is 1. The maximum atomic E-state index is 11.8. The standard InChI is InChI=1S/C13H15ClN2O2S2/c1-2-19-13-15-11-7-20(17,18)8-12(11)16(13)10-5-3-9(14)4-6-10/h3-6,11-12H,2,7-8H2,1H3/t11-,12+/m1/s1. The SMILES string of the molecule is CCSC1=N[C@@H]2CS(=O)(=O)C[C@@H]2N1c1ccc(Cl)cc1. The van der Waals surface area contributed by atoms with E-state index in [9.17, 15) is 8.42 Å². The minimum atomic E-state index is -2.98. The number of sulfone groups is 1. The molecule has 0 aromatic heterocycles. The molecular weight excluding hydrogens is 316 g/mol. The molecule has 0 spiro atoms. The smallest absolute Gasteiger partial charge is 0.164 e. The second-order valence-electron chi connectivity index (χ2n) is 4.90. The lowest BCUT2D eigenvalue weighted by Crippen LogP contribution is -2.39. The van der Waals surface area contributed by atoms with Gasteiger partial charge in [0.1, 0.15) is 0 Å². The fourth-order valence-electron chi connectivity index (χ4n) is 2.67. The minimum absolute atomic E-state index is 0.0739. The van der Waals surface area contributed by atoms with E-state index in [1.165, 1.54) is 0 Å². The highest BCUT2D eigenvalue weighted by Gasteiger charge is 2.46. The molecule has 2 atom stereocenters. The highest BCUT2D eigenvalue weighted by molar-refractivity contribution is 8.14. The van der Waals surface area contributed by atoms with E-state index in [1.54, 1.807) is 11.8 Å². The molecule has 0 amide bonds. The van der Waals surface area contributed by atoms with E-state index < -0.39 is 9.84 Å². The summed E-state index contributed by atoms with van der Waals surface area (Å²) in [5.41, 5.74) is 0.957. The number of fused-ring (bicyclic) bond motifs is 1. The molecule has 2 heterocycles. The summed E-state index contributed by atoms with van der Waals surface area (Å²) < 4.78 is 23.6. The summed E-state index contributed by atoms with van der Waals surface area (Å²) in [6.07, 6.45) is 0. The van der Waals surface area contributed by atoms with Crippen LogP contribution in [0.2, 0.25) is 5.02 Å². The fraction of sp³-hybridized carbons (Fsp3) is 0.462. The number of anilines is 1. The number of aliphatic imine (C=N–C) groups is 1. The van der Waals surface area contributed by atoms with E-state index in [4.69, 9.17) is 11.6 Å². The Morgan fingerprint density at radius 1 is 1.35 bits per heavy atom. The van der Waals surface area contributed by atoms with Crippen LogP contribution < -0.4 is 4.90 Å². The Hall–Kier alpha value is -0.720. The van der Waals surface area contributed by atoms with Gasteiger partial charge < -0.3 is 4.90 Å². The molecule has 20 heavy (non-hydrogen) atoms. The molecule has 3 rings (SSSR count). The molecule has 108 valence electrons. The summed E-state index contributed by atoms with van der Waals surface area (Å²) in [6, 6.07) is 7.27. The molecule has 0 bridgehead atoms. The first-order valence-corrected chi connectivity index (χ1v) is 9.64. The van der Waals surface area contributed by atoms with Crippen molar-refractivity contribution in [3.63, 3.8) is 0 Å². The van der Waals surface area contributed by atoms with Crippen LogP contribution in [0.3, 0.4) is 0 Å². The molecule has 0 saturated carbocycles. The third kappa shape index (κ3) is 2.56. The van der Waals surface area contributed by atoms with Crippen molar-refractivity contribution in [1.82, 2.24) is 0 Å². The zero-order valence-electron chi connectivity index (χ0n) is 11.0. The number of amidine groups is 1. The Labute approximate surface area is 128 Å². The molecule has 4 nitrogen and oxygen atoms in total. The van der Waals surface area contributed by atoms with Gasteiger partial charge in [-0.2, -0.15) is 0 Å². The van der Waals surface area contributed by atoms with Crippen LogP contribution in [0.25, 0.3) is 0 Å². The largest absolute Gasteiger partial charge is 0.315 e. The van der Waals surface area contributed by atoms with Crippen molar-refractivity contribution in [3.05, 3.63) is 29.3 Å². The average molecular weight is 331 g/mol. The van der Waals surface area contributed by atoms with Gasteiger partial charge in [-0.05, 0) is 30.0 Å². The lowest BCUT2D eigenvalue weighted by atomic mass is 10.1. The quantitative estimate of drug-likeness (QED) is 0.835. The number of rotatable bonds is 2. The molecule has 0 aliphatic carbocycles. The summed E-state index contributed by atoms with van der Waals surface area (Å²) in [6.45, 7) is 2.07. The molecule has 1 aromatic carbocycles. The monoisotopic (exact) mass is 330 g/mol. The van der Waals surface area contributed by atoms with Gasteiger partial charge in [-0.15, -0.1) is 0 Å². The van der Waals surface area contributed by atoms with Gasteiger partial charge in [0, 0.05) is 10.7 Å². The van der Waals surface area contributed by atoms with E-state index in [1.807, 2.05) is 24.3 Å². The van der Waals surface area contributed by atoms with Gasteiger partial charge in [0.2, 0.25) is 0 Å². The van der Waals surface area contributed by atoms with Crippen LogP contribution in [-0.2, 0) is 9.84 Å². The summed E-state index contributed by atoms with van der Waals surface area (Å²) in [5.74, 6) is 1.25. The highest BCUT2D eigenvalue weighted by atomic mass is 35.5. The summed E-state index contributed by atoms with van der Waals surface area (Å²) in [4.78, 5) is 6.66. The molecule has 0 N–H and O–H groups in total. The van der Waals surface area contributed by atoms with Crippen LogP contribution in [0.1, 0.15) is 6.92 Å². The van der Waals surface area contributed by atoms with E-state index in [2.05, 4.69) is 16.8 Å². The predicted octanol–water partition coefficient (Wildman–Crippen LogP) is 2.43. The first kappa shape index (κ1) is 14.2. The maximum absolute atomic E-state index is 11.8. The molecular formula is C13H15ClN2O2S2. The van der Waals surface area contributed by atoms with Gasteiger partial charge in [-0.1, -0.05) is 30.3 Å². The third-order valence-corrected chi connectivity index (χ3v) is 6.29. The van der Waals surface area contributed by atoms with Crippen LogP contribution in [0, 0.1) is 0 Å². The van der Waals surface area contributed by atoms with Crippen molar-refractivity contribution in [2.75, 3.05) is 22.2 Å². The number of hydrogen-bond acceptors (Lipinski definition) is 5. The van der Waals surface area contributed by atoms with E-state index >= 15 is 0 Å². The van der Waals surface area contributed by atoms with Gasteiger partial charge in [-0.25, -0.2) is 8.42 Å². The second-order valence-corrected chi connectivity index (χ2v) is 8.72. The summed E-state index contributed by atoms with van der Waals surface area (Å²) in [7, 11) is -2.98. The van der Waals surface area contributed by atoms with Gasteiger partial charge in [0.05, 0.1) is 23.6 Å². The first-order valence-electron chi connectivity index (χ1n) is 6.46. The topological polar surface area (TPSA) is 49.7 Å². The van der Waals surface area contributed by atoms with E-state index in [0.717, 1.165) is 16.6 Å². The molecule has 7 heteroatoms. The lowest BCUT2D eigenvalue weighted by Gasteiger charge is -2.26. The van der Waals surface area contributed by atoms with Crippen molar-refractivity contribution < 1.29 is 8.42 Å². The van der Waals surface area contributed by atoms with Gasteiger partial charge >= 0.3 is 0 Å². The number of thioether (sulfide) groups is 1. The summed E-state index contributed by atoms with van der Waals surface area (Å²) in [5, 5.41) is 1.59. The van der Waals surface area contributed by atoms with Crippen LogP contribution in [0.5, 0.6) is 0 Å². The molecule has 1 saturated heterocycles. The Bertz CT molecular complexity index is 643. The van der Waals surface area contributed by atoms with Crippen molar-refractivity contribution in [3.8, 4) is 0 Å². The van der Waals surface area contributed by atoms with Crippen molar-refractivity contribution >= 4 is 44.1 Å². The van der Waals surface area contributed by atoms with E-state index in [0.29, 0.717) is 5.02 Å². The minimum Gasteiger partial charge on any atom is -0.315 e. The van der Waals surface area contributed by atoms with Crippen molar-refractivity contribution in [2.45, 2.75) is 19.0 Å². The second kappa shape index (κ2) is 5.24. The number of nitrogens with zero attached hydrogens (tertiary/aromatic N) is 2. The Balaban J connectivity index is 1.97. The zero-order valence-corrected chi connectivity index (χ0v) is 13.4. The lowest BCUT2D eigenvalue weighted by molar-refractivity contribution is 0.601. The van der Waals surface area contributed by atoms with Gasteiger partial charge in [0.15, 0.2) is 15.0 Å². The van der Waals surface area contributed by atoms with Gasteiger partial charge in [-0.3, -0.25) is 4.99 Å². The number of hydrogen-bond donors (Lipinski definition) is 0. The molecule has 1 aromatic rings. The summed E-state index contributed by atoms with van der Waals surface area (Å²) >= 11 is 7.57. The predicted molar refractivity (Wildman–Crippen MR) is 85.7 cm³/mol. The van der Waals surface area contributed by atoms with Crippen LogP contribution >= 0.6 is 23.4 Å². The number of benzene rings is 1. The molecule has 1 fully saturated rings. The first-order chi connectivity index (χ1) is 9.50. The zero-order chi connectivity index (χ0) is 14.3. The average Bonchev–Trinajstić information content (AvgIpc) is 2.82. The van der Waals surface area contributed by atoms with Crippen molar-refractivity contribution in [2.24, 2.45) is 4.99 Å². The normalized spacial score (nSPS) is 27.5. The van der Waals surface area contributed by atoms with E-state index in [-0.39, 0.29) is 23.6 Å². The van der Waals surface area contributed by atoms with Crippen LogP contribution in [0.15, 0.2) is 29.3 Å². The maximum Gasteiger partial charge on any atom is 0.164 e. The van der Waals surface area contributed by atoms with Crippen molar-refractivity contribution in [1.29, 1.82) is 0 Å². The molecule has 0 radical (unpaired) electrons. The van der Waals surface area contributed by atoms with Gasteiger partial charge in [0.25, 0.3) is 0 Å². The fourth-order valence-corrected chi connectivity index (χ4v) is 5.48. The highest BCUT2D eigenvalue weighted by Crippen LogP contribution is 2.35. The van der Waals surface area contributed by atoms with Crippen LogP contribution in [-0.4, -0.2) is 42.9 Å². The third-order valence-electron chi connectivity index (χ3n) is 3.49. The molecule has 2 aliphatic heterocycles. The molecule has 2 aliphatic rings.